The summed E-state index contributed by atoms with van der Waals surface area (Å²) in [5, 5.41) is 8.98. The first kappa shape index (κ1) is 11.4. The highest BCUT2D eigenvalue weighted by Gasteiger charge is 2.22. The van der Waals surface area contributed by atoms with Gasteiger partial charge >= 0.3 is 0 Å². The van der Waals surface area contributed by atoms with Crippen LogP contribution in [0.5, 0.6) is 0 Å². The number of anilines is 1. The van der Waals surface area contributed by atoms with Crippen LogP contribution >= 0.6 is 0 Å². The lowest BCUT2D eigenvalue weighted by Crippen LogP contribution is -2.33. The van der Waals surface area contributed by atoms with Gasteiger partial charge in [0.15, 0.2) is 0 Å². The standard InChI is InChI=1S/C13H20N2O/c1-2-15(12-5-3-4-6-12)13-8-7-11(10-16)9-14-13/h7-9,12,16H,2-6,10H2,1H3. The largest absolute Gasteiger partial charge is 0.392 e. The molecule has 0 atom stereocenters. The third-order valence-corrected chi connectivity index (χ3v) is 3.39. The smallest absolute Gasteiger partial charge is 0.128 e. The second kappa shape index (κ2) is 5.30. The minimum atomic E-state index is 0.0723. The lowest BCUT2D eigenvalue weighted by Gasteiger charge is -2.28. The average molecular weight is 220 g/mol. The third-order valence-electron chi connectivity index (χ3n) is 3.39. The van der Waals surface area contributed by atoms with Gasteiger partial charge in [0.2, 0.25) is 0 Å². The molecule has 0 bridgehead atoms. The number of nitrogens with zero attached hydrogens (tertiary/aromatic N) is 2. The fourth-order valence-electron chi connectivity index (χ4n) is 2.50. The Morgan fingerprint density at radius 1 is 1.38 bits per heavy atom. The van der Waals surface area contributed by atoms with Crippen LogP contribution < -0.4 is 4.90 Å². The van der Waals surface area contributed by atoms with E-state index in [1.165, 1.54) is 25.7 Å². The van der Waals surface area contributed by atoms with Crippen molar-refractivity contribution in [2.24, 2.45) is 0 Å². The Balaban J connectivity index is 2.12. The Morgan fingerprint density at radius 2 is 2.12 bits per heavy atom. The first-order valence-electron chi connectivity index (χ1n) is 6.17. The Kier molecular flexibility index (Phi) is 3.78. The van der Waals surface area contributed by atoms with E-state index in [0.717, 1.165) is 17.9 Å². The van der Waals surface area contributed by atoms with E-state index in [9.17, 15) is 0 Å². The second-order valence-electron chi connectivity index (χ2n) is 4.41. The van der Waals surface area contributed by atoms with Gasteiger partial charge in [0.1, 0.15) is 5.82 Å². The van der Waals surface area contributed by atoms with Gasteiger partial charge in [0.05, 0.1) is 6.61 Å². The molecular weight excluding hydrogens is 200 g/mol. The van der Waals surface area contributed by atoms with Gasteiger partial charge in [-0.25, -0.2) is 4.98 Å². The zero-order valence-corrected chi connectivity index (χ0v) is 9.89. The van der Waals surface area contributed by atoms with Crippen LogP contribution in [0.25, 0.3) is 0 Å². The molecule has 16 heavy (non-hydrogen) atoms. The summed E-state index contributed by atoms with van der Waals surface area (Å²) in [6, 6.07) is 4.64. The highest BCUT2D eigenvalue weighted by Crippen LogP contribution is 2.26. The van der Waals surface area contributed by atoms with Crippen molar-refractivity contribution in [3.63, 3.8) is 0 Å². The molecule has 1 saturated carbocycles. The SMILES string of the molecule is CCN(c1ccc(CO)cn1)C1CCCC1. The van der Waals surface area contributed by atoms with Crippen LogP contribution in [0.1, 0.15) is 38.2 Å². The molecule has 0 aliphatic heterocycles. The zero-order chi connectivity index (χ0) is 11.4. The van der Waals surface area contributed by atoms with Gasteiger partial charge in [-0.15, -0.1) is 0 Å². The number of aliphatic hydroxyl groups excluding tert-OH is 1. The maximum Gasteiger partial charge on any atom is 0.128 e. The van der Waals surface area contributed by atoms with E-state index in [0.29, 0.717) is 6.04 Å². The van der Waals surface area contributed by atoms with E-state index in [1.807, 2.05) is 12.1 Å². The molecule has 0 spiro atoms. The third kappa shape index (κ3) is 2.35. The molecule has 1 N–H and O–H groups in total. The molecule has 88 valence electrons. The van der Waals surface area contributed by atoms with Gasteiger partial charge < -0.3 is 10.0 Å². The number of rotatable bonds is 4. The van der Waals surface area contributed by atoms with Gasteiger partial charge in [-0.05, 0) is 31.4 Å². The van der Waals surface area contributed by atoms with Crippen molar-refractivity contribution in [3.05, 3.63) is 23.9 Å². The van der Waals surface area contributed by atoms with Crippen LogP contribution in [0.4, 0.5) is 5.82 Å². The van der Waals surface area contributed by atoms with Crippen LogP contribution in [-0.4, -0.2) is 22.7 Å². The van der Waals surface area contributed by atoms with E-state index < -0.39 is 0 Å². The molecule has 3 nitrogen and oxygen atoms in total. The number of hydrogen-bond donors (Lipinski definition) is 1. The quantitative estimate of drug-likeness (QED) is 0.846. The van der Waals surface area contributed by atoms with Gasteiger partial charge in [0, 0.05) is 18.8 Å². The fourth-order valence-corrected chi connectivity index (χ4v) is 2.50. The predicted molar refractivity (Wildman–Crippen MR) is 65.4 cm³/mol. The summed E-state index contributed by atoms with van der Waals surface area (Å²) in [7, 11) is 0. The molecule has 1 aromatic rings. The van der Waals surface area contributed by atoms with Crippen molar-refractivity contribution in [3.8, 4) is 0 Å². The molecule has 1 aromatic heterocycles. The maximum absolute atomic E-state index is 8.98. The van der Waals surface area contributed by atoms with E-state index >= 15 is 0 Å². The monoisotopic (exact) mass is 220 g/mol. The van der Waals surface area contributed by atoms with Crippen LogP contribution in [0.2, 0.25) is 0 Å². The van der Waals surface area contributed by atoms with Crippen molar-refractivity contribution < 1.29 is 5.11 Å². The topological polar surface area (TPSA) is 36.4 Å². The summed E-state index contributed by atoms with van der Waals surface area (Å²) in [6.07, 6.45) is 7.03. The highest BCUT2D eigenvalue weighted by molar-refractivity contribution is 5.40. The Hall–Kier alpha value is -1.09. The molecule has 2 rings (SSSR count). The average Bonchev–Trinajstić information content (AvgIpc) is 2.85. The van der Waals surface area contributed by atoms with Crippen molar-refractivity contribution >= 4 is 5.82 Å². The minimum Gasteiger partial charge on any atom is -0.392 e. The first-order valence-corrected chi connectivity index (χ1v) is 6.17. The molecule has 1 fully saturated rings. The van der Waals surface area contributed by atoms with Crippen molar-refractivity contribution in [2.75, 3.05) is 11.4 Å². The van der Waals surface area contributed by atoms with E-state index in [2.05, 4.69) is 16.8 Å². The molecule has 1 heterocycles. The Morgan fingerprint density at radius 3 is 2.62 bits per heavy atom. The lowest BCUT2D eigenvalue weighted by molar-refractivity contribution is 0.281. The van der Waals surface area contributed by atoms with E-state index in [-0.39, 0.29) is 6.61 Å². The summed E-state index contributed by atoms with van der Waals surface area (Å²) >= 11 is 0. The Bertz CT molecular complexity index is 317. The zero-order valence-electron chi connectivity index (χ0n) is 9.89. The van der Waals surface area contributed by atoms with Gasteiger partial charge in [-0.1, -0.05) is 18.9 Å². The van der Waals surface area contributed by atoms with Crippen LogP contribution in [0, 0.1) is 0 Å². The molecule has 3 heteroatoms. The van der Waals surface area contributed by atoms with Gasteiger partial charge in [-0.2, -0.15) is 0 Å². The first-order chi connectivity index (χ1) is 7.85. The van der Waals surface area contributed by atoms with Crippen molar-refractivity contribution in [1.82, 2.24) is 4.98 Å². The maximum atomic E-state index is 8.98. The van der Waals surface area contributed by atoms with E-state index in [1.54, 1.807) is 6.20 Å². The molecule has 0 amide bonds. The predicted octanol–water partition coefficient (Wildman–Crippen LogP) is 2.34. The van der Waals surface area contributed by atoms with E-state index in [4.69, 9.17) is 5.11 Å². The van der Waals surface area contributed by atoms with Crippen molar-refractivity contribution in [1.29, 1.82) is 0 Å². The number of aromatic nitrogens is 1. The van der Waals surface area contributed by atoms with Gasteiger partial charge in [0.25, 0.3) is 0 Å². The molecule has 1 aliphatic carbocycles. The van der Waals surface area contributed by atoms with Crippen molar-refractivity contribution in [2.45, 2.75) is 45.3 Å². The molecular formula is C13H20N2O. The molecule has 0 saturated heterocycles. The number of aliphatic hydroxyl groups is 1. The summed E-state index contributed by atoms with van der Waals surface area (Å²) in [5.41, 5.74) is 0.881. The molecule has 0 aromatic carbocycles. The molecule has 1 aliphatic rings. The summed E-state index contributed by atoms with van der Waals surface area (Å²) in [6.45, 7) is 3.26. The van der Waals surface area contributed by atoms with Gasteiger partial charge in [-0.3, -0.25) is 0 Å². The Labute approximate surface area is 97.1 Å². The summed E-state index contributed by atoms with van der Waals surface area (Å²) in [4.78, 5) is 6.81. The summed E-state index contributed by atoms with van der Waals surface area (Å²) in [5.74, 6) is 1.05. The van der Waals surface area contributed by atoms with Crippen LogP contribution in [-0.2, 0) is 6.61 Å². The van der Waals surface area contributed by atoms with Crippen LogP contribution in [0.3, 0.4) is 0 Å². The highest BCUT2D eigenvalue weighted by atomic mass is 16.3. The molecule has 0 radical (unpaired) electrons. The fraction of sp³-hybridized carbons (Fsp3) is 0.615. The normalized spacial score (nSPS) is 16.6. The lowest BCUT2D eigenvalue weighted by atomic mass is 10.2. The second-order valence-corrected chi connectivity index (χ2v) is 4.41. The minimum absolute atomic E-state index is 0.0723. The van der Waals surface area contributed by atoms with Crippen LogP contribution in [0.15, 0.2) is 18.3 Å². The number of pyridine rings is 1. The number of hydrogen-bond acceptors (Lipinski definition) is 3. The summed E-state index contributed by atoms with van der Waals surface area (Å²) < 4.78 is 0. The molecule has 0 unspecified atom stereocenters.